The smallest absolute Gasteiger partial charge is 0.250 e. The van der Waals surface area contributed by atoms with Gasteiger partial charge in [0.2, 0.25) is 0 Å². The minimum absolute atomic E-state index is 0.102. The molecule has 0 aliphatic rings. The van der Waals surface area contributed by atoms with Gasteiger partial charge in [0.15, 0.2) is 0 Å². The van der Waals surface area contributed by atoms with E-state index in [2.05, 4.69) is 5.32 Å². The van der Waals surface area contributed by atoms with Crippen molar-refractivity contribution in [2.24, 2.45) is 0 Å². The standard InChI is InChI=1S/C11H12ClNO/c1-3-8(2)11(14)13-10-6-4-5-9(12)7-10/h3-7H,1-2H3,(H,13,14)/b8-3+. The summed E-state index contributed by atoms with van der Waals surface area (Å²) in [6.45, 7) is 3.59. The highest BCUT2D eigenvalue weighted by Crippen LogP contribution is 2.15. The summed E-state index contributed by atoms with van der Waals surface area (Å²) in [5, 5.41) is 3.35. The van der Waals surface area contributed by atoms with Gasteiger partial charge in [-0.25, -0.2) is 0 Å². The molecule has 0 unspecified atom stereocenters. The Morgan fingerprint density at radius 1 is 1.50 bits per heavy atom. The van der Waals surface area contributed by atoms with Crippen molar-refractivity contribution in [3.63, 3.8) is 0 Å². The number of carbonyl (C=O) groups is 1. The van der Waals surface area contributed by atoms with E-state index in [1.165, 1.54) is 0 Å². The van der Waals surface area contributed by atoms with Crippen LogP contribution < -0.4 is 5.32 Å². The average Bonchev–Trinajstić information content (AvgIpc) is 2.16. The number of halogens is 1. The zero-order valence-corrected chi connectivity index (χ0v) is 8.93. The van der Waals surface area contributed by atoms with Crippen LogP contribution in [0.15, 0.2) is 35.9 Å². The van der Waals surface area contributed by atoms with Crippen molar-refractivity contribution in [1.29, 1.82) is 0 Å². The molecule has 0 aliphatic carbocycles. The van der Waals surface area contributed by atoms with Crippen LogP contribution in [-0.4, -0.2) is 5.91 Å². The van der Waals surface area contributed by atoms with Crippen molar-refractivity contribution in [3.8, 4) is 0 Å². The van der Waals surface area contributed by atoms with E-state index in [9.17, 15) is 4.79 Å². The lowest BCUT2D eigenvalue weighted by atomic mass is 10.2. The number of anilines is 1. The third kappa shape index (κ3) is 2.89. The van der Waals surface area contributed by atoms with E-state index in [-0.39, 0.29) is 5.91 Å². The second-order valence-corrected chi connectivity index (χ2v) is 3.37. The van der Waals surface area contributed by atoms with Crippen molar-refractivity contribution >= 4 is 23.2 Å². The topological polar surface area (TPSA) is 29.1 Å². The average molecular weight is 210 g/mol. The minimum Gasteiger partial charge on any atom is -0.322 e. The van der Waals surface area contributed by atoms with Crippen molar-refractivity contribution in [2.75, 3.05) is 5.32 Å². The summed E-state index contributed by atoms with van der Waals surface area (Å²) in [6.07, 6.45) is 1.76. The van der Waals surface area contributed by atoms with Crippen molar-refractivity contribution in [1.82, 2.24) is 0 Å². The van der Waals surface area contributed by atoms with Gasteiger partial charge in [-0.15, -0.1) is 0 Å². The molecule has 2 nitrogen and oxygen atoms in total. The Morgan fingerprint density at radius 3 is 2.79 bits per heavy atom. The molecule has 0 aliphatic heterocycles. The summed E-state index contributed by atoms with van der Waals surface area (Å²) in [6, 6.07) is 7.07. The molecule has 74 valence electrons. The van der Waals surface area contributed by atoms with Gasteiger partial charge in [-0.3, -0.25) is 4.79 Å². The monoisotopic (exact) mass is 209 g/mol. The van der Waals surface area contributed by atoms with E-state index in [0.29, 0.717) is 16.3 Å². The first-order chi connectivity index (χ1) is 6.63. The highest BCUT2D eigenvalue weighted by molar-refractivity contribution is 6.30. The third-order valence-electron chi connectivity index (χ3n) is 1.87. The second-order valence-electron chi connectivity index (χ2n) is 2.94. The quantitative estimate of drug-likeness (QED) is 0.745. The van der Waals surface area contributed by atoms with Crippen molar-refractivity contribution in [2.45, 2.75) is 13.8 Å². The molecule has 14 heavy (non-hydrogen) atoms. The van der Waals surface area contributed by atoms with Crippen molar-refractivity contribution in [3.05, 3.63) is 40.9 Å². The van der Waals surface area contributed by atoms with Crippen LogP contribution in [0.25, 0.3) is 0 Å². The second kappa shape index (κ2) is 4.82. The van der Waals surface area contributed by atoms with Gasteiger partial charge in [0.1, 0.15) is 0 Å². The summed E-state index contributed by atoms with van der Waals surface area (Å²) in [5.74, 6) is -0.102. The molecule has 0 spiro atoms. The molecule has 0 heterocycles. The number of hydrogen-bond donors (Lipinski definition) is 1. The predicted molar refractivity (Wildman–Crippen MR) is 59.5 cm³/mol. The Bertz CT molecular complexity index is 371. The van der Waals surface area contributed by atoms with Gasteiger partial charge in [-0.2, -0.15) is 0 Å². The zero-order chi connectivity index (χ0) is 10.6. The normalized spacial score (nSPS) is 11.2. The van der Waals surface area contributed by atoms with Crippen LogP contribution in [0.1, 0.15) is 13.8 Å². The molecule has 0 atom stereocenters. The first-order valence-electron chi connectivity index (χ1n) is 4.33. The summed E-state index contributed by atoms with van der Waals surface area (Å²) >= 11 is 5.78. The number of nitrogens with one attached hydrogen (secondary N) is 1. The lowest BCUT2D eigenvalue weighted by Crippen LogP contribution is -2.12. The van der Waals surface area contributed by atoms with E-state index in [4.69, 9.17) is 11.6 Å². The van der Waals surface area contributed by atoms with Crippen LogP contribution in [0, 0.1) is 0 Å². The lowest BCUT2D eigenvalue weighted by molar-refractivity contribution is -0.112. The number of benzene rings is 1. The molecule has 0 fully saturated rings. The summed E-state index contributed by atoms with van der Waals surface area (Å²) in [7, 11) is 0. The first kappa shape index (κ1) is 10.8. The molecule has 1 aromatic rings. The largest absolute Gasteiger partial charge is 0.322 e. The molecular formula is C11H12ClNO. The van der Waals surface area contributed by atoms with Gasteiger partial charge in [0, 0.05) is 16.3 Å². The molecule has 1 rings (SSSR count). The molecule has 0 saturated carbocycles. The predicted octanol–water partition coefficient (Wildman–Crippen LogP) is 3.24. The van der Waals surface area contributed by atoms with Crippen LogP contribution in [0.2, 0.25) is 5.02 Å². The van der Waals surface area contributed by atoms with Crippen LogP contribution in [0.4, 0.5) is 5.69 Å². The number of rotatable bonds is 2. The first-order valence-corrected chi connectivity index (χ1v) is 4.71. The molecule has 3 heteroatoms. The minimum atomic E-state index is -0.102. The number of hydrogen-bond acceptors (Lipinski definition) is 1. The number of amides is 1. The van der Waals surface area contributed by atoms with E-state index in [0.717, 1.165) is 0 Å². The Balaban J connectivity index is 2.75. The fraction of sp³-hybridized carbons (Fsp3) is 0.182. The Labute approximate surface area is 88.6 Å². The summed E-state index contributed by atoms with van der Waals surface area (Å²) in [5.41, 5.74) is 1.40. The lowest BCUT2D eigenvalue weighted by Gasteiger charge is -2.04. The van der Waals surface area contributed by atoms with Gasteiger partial charge in [0.05, 0.1) is 0 Å². The van der Waals surface area contributed by atoms with Crippen molar-refractivity contribution < 1.29 is 4.79 Å². The SMILES string of the molecule is C/C=C(\C)C(=O)Nc1cccc(Cl)c1. The maximum absolute atomic E-state index is 11.4. The molecular weight excluding hydrogens is 198 g/mol. The van der Waals surface area contributed by atoms with Crippen LogP contribution >= 0.6 is 11.6 Å². The Morgan fingerprint density at radius 2 is 2.21 bits per heavy atom. The van der Waals surface area contributed by atoms with Gasteiger partial charge in [-0.05, 0) is 32.0 Å². The third-order valence-corrected chi connectivity index (χ3v) is 2.11. The summed E-state index contributed by atoms with van der Waals surface area (Å²) in [4.78, 5) is 11.4. The molecule has 1 amide bonds. The van der Waals surface area contributed by atoms with Gasteiger partial charge >= 0.3 is 0 Å². The van der Waals surface area contributed by atoms with Crippen LogP contribution in [-0.2, 0) is 4.79 Å². The molecule has 0 aromatic heterocycles. The Hall–Kier alpha value is -1.28. The number of allylic oxidation sites excluding steroid dienone is 1. The maximum Gasteiger partial charge on any atom is 0.250 e. The summed E-state index contributed by atoms with van der Waals surface area (Å²) < 4.78 is 0. The molecule has 0 radical (unpaired) electrons. The molecule has 1 N–H and O–H groups in total. The zero-order valence-electron chi connectivity index (χ0n) is 8.17. The fourth-order valence-corrected chi connectivity index (χ4v) is 1.12. The van der Waals surface area contributed by atoms with E-state index >= 15 is 0 Å². The van der Waals surface area contributed by atoms with Crippen LogP contribution in [0.5, 0.6) is 0 Å². The van der Waals surface area contributed by atoms with E-state index < -0.39 is 0 Å². The highest BCUT2D eigenvalue weighted by atomic mass is 35.5. The molecule has 0 saturated heterocycles. The van der Waals surface area contributed by atoms with Gasteiger partial charge < -0.3 is 5.32 Å². The van der Waals surface area contributed by atoms with Gasteiger partial charge in [-0.1, -0.05) is 23.7 Å². The van der Waals surface area contributed by atoms with Gasteiger partial charge in [0.25, 0.3) is 5.91 Å². The molecule has 0 bridgehead atoms. The number of carbonyl (C=O) groups excluding carboxylic acids is 1. The molecule has 1 aromatic carbocycles. The van der Waals surface area contributed by atoms with E-state index in [1.807, 2.05) is 6.92 Å². The van der Waals surface area contributed by atoms with Crippen LogP contribution in [0.3, 0.4) is 0 Å². The highest BCUT2D eigenvalue weighted by Gasteiger charge is 2.03. The fourth-order valence-electron chi connectivity index (χ4n) is 0.927. The Kier molecular flexibility index (Phi) is 3.72. The van der Waals surface area contributed by atoms with E-state index in [1.54, 1.807) is 37.3 Å². The maximum atomic E-state index is 11.4.